The van der Waals surface area contributed by atoms with E-state index in [-0.39, 0.29) is 0 Å². The number of aliphatic hydroxyl groups is 1. The van der Waals surface area contributed by atoms with E-state index < -0.39 is 5.60 Å². The first-order chi connectivity index (χ1) is 7.41. The van der Waals surface area contributed by atoms with E-state index in [0.29, 0.717) is 5.92 Å². The number of allylic oxidation sites excluding steroid dienone is 1. The zero-order valence-electron chi connectivity index (χ0n) is 11.2. The fourth-order valence-corrected chi connectivity index (χ4v) is 3.68. The third kappa shape index (κ3) is 2.20. The quantitative estimate of drug-likeness (QED) is 0.669. The number of hydrogen-bond donors (Lipinski definition) is 1. The Morgan fingerprint density at radius 1 is 1.31 bits per heavy atom. The maximum absolute atomic E-state index is 10.2. The second-order valence-corrected chi connectivity index (χ2v) is 6.55. The monoisotopic (exact) mass is 222 g/mol. The van der Waals surface area contributed by atoms with Crippen molar-refractivity contribution in [3.63, 3.8) is 0 Å². The minimum atomic E-state index is -0.546. The molecule has 0 spiro atoms. The summed E-state index contributed by atoms with van der Waals surface area (Å²) in [6.07, 6.45) is 7.01. The molecular weight excluding hydrogens is 196 g/mol. The van der Waals surface area contributed by atoms with Crippen molar-refractivity contribution in [2.45, 2.75) is 59.0 Å². The van der Waals surface area contributed by atoms with E-state index >= 15 is 0 Å². The predicted octanol–water partition coefficient (Wildman–Crippen LogP) is 3.78. The molecule has 2 rings (SSSR count). The molecule has 2 aliphatic carbocycles. The number of hydrogen-bond acceptors (Lipinski definition) is 1. The van der Waals surface area contributed by atoms with Crippen molar-refractivity contribution < 1.29 is 5.11 Å². The van der Waals surface area contributed by atoms with E-state index in [1.54, 1.807) is 5.57 Å². The van der Waals surface area contributed by atoms with E-state index in [1.807, 2.05) is 6.92 Å². The summed E-state index contributed by atoms with van der Waals surface area (Å²) in [4.78, 5) is 0. The average molecular weight is 222 g/mol. The summed E-state index contributed by atoms with van der Waals surface area (Å²) in [7, 11) is 0. The Morgan fingerprint density at radius 2 is 2.00 bits per heavy atom. The van der Waals surface area contributed by atoms with Gasteiger partial charge in [-0.15, -0.1) is 0 Å². The molecule has 0 aromatic heterocycles. The van der Waals surface area contributed by atoms with Crippen LogP contribution in [0.4, 0.5) is 0 Å². The number of fused-ring (bicyclic) bond motifs is 1. The summed E-state index contributed by atoms with van der Waals surface area (Å²) in [6.45, 7) is 8.99. The molecule has 1 saturated carbocycles. The first-order valence-electron chi connectivity index (χ1n) is 6.86. The van der Waals surface area contributed by atoms with E-state index in [0.717, 1.165) is 24.2 Å². The molecule has 0 saturated heterocycles. The largest absolute Gasteiger partial charge is 0.386 e. The standard InChI is InChI=1S/C15H26O/c1-10(2)12-6-5-11(3)13-7-8-15(4,16)9-14(12)13/h9-13,16H,5-8H2,1-4H3/t11-,12-,13?,15-/m0/s1. The molecule has 0 radical (unpaired) electrons. The highest BCUT2D eigenvalue weighted by Gasteiger charge is 2.39. The van der Waals surface area contributed by atoms with Crippen molar-refractivity contribution in [2.24, 2.45) is 23.7 Å². The van der Waals surface area contributed by atoms with Crippen LogP contribution in [0.1, 0.15) is 53.4 Å². The van der Waals surface area contributed by atoms with Gasteiger partial charge in [-0.2, -0.15) is 0 Å². The summed E-state index contributed by atoms with van der Waals surface area (Å²) in [6, 6.07) is 0. The lowest BCUT2D eigenvalue weighted by Crippen LogP contribution is -2.37. The predicted molar refractivity (Wildman–Crippen MR) is 68.2 cm³/mol. The SMILES string of the molecule is CC(C)[C@@H]1CC[C@H](C)C2CC[C@](C)(O)C=C21. The third-order valence-electron chi connectivity index (χ3n) is 4.72. The fraction of sp³-hybridized carbons (Fsp3) is 0.867. The van der Waals surface area contributed by atoms with Gasteiger partial charge >= 0.3 is 0 Å². The molecule has 92 valence electrons. The van der Waals surface area contributed by atoms with Gasteiger partial charge in [-0.3, -0.25) is 0 Å². The topological polar surface area (TPSA) is 20.2 Å². The third-order valence-corrected chi connectivity index (χ3v) is 4.72. The van der Waals surface area contributed by atoms with E-state index in [4.69, 9.17) is 0 Å². The highest BCUT2D eigenvalue weighted by molar-refractivity contribution is 5.23. The summed E-state index contributed by atoms with van der Waals surface area (Å²) < 4.78 is 0. The van der Waals surface area contributed by atoms with Crippen LogP contribution in [0, 0.1) is 23.7 Å². The normalized spacial score (nSPS) is 44.1. The van der Waals surface area contributed by atoms with Crippen LogP contribution in [-0.4, -0.2) is 10.7 Å². The van der Waals surface area contributed by atoms with Gasteiger partial charge in [-0.1, -0.05) is 32.4 Å². The Hall–Kier alpha value is -0.300. The van der Waals surface area contributed by atoms with Gasteiger partial charge in [0.25, 0.3) is 0 Å². The Morgan fingerprint density at radius 3 is 2.62 bits per heavy atom. The smallest absolute Gasteiger partial charge is 0.0802 e. The van der Waals surface area contributed by atoms with Gasteiger partial charge in [0.05, 0.1) is 5.60 Å². The Bertz CT molecular complexity index is 288. The Labute approximate surface area is 99.9 Å². The maximum Gasteiger partial charge on any atom is 0.0802 e. The van der Waals surface area contributed by atoms with Gasteiger partial charge < -0.3 is 5.11 Å². The lowest BCUT2D eigenvalue weighted by Gasteiger charge is -2.44. The summed E-state index contributed by atoms with van der Waals surface area (Å²) >= 11 is 0. The summed E-state index contributed by atoms with van der Waals surface area (Å²) in [5.74, 6) is 3.00. The maximum atomic E-state index is 10.2. The van der Waals surface area contributed by atoms with Crippen molar-refractivity contribution in [3.8, 4) is 0 Å². The lowest BCUT2D eigenvalue weighted by atomic mass is 9.62. The molecule has 1 N–H and O–H groups in total. The van der Waals surface area contributed by atoms with Crippen molar-refractivity contribution in [2.75, 3.05) is 0 Å². The minimum Gasteiger partial charge on any atom is -0.386 e. The molecule has 4 atom stereocenters. The van der Waals surface area contributed by atoms with Crippen LogP contribution in [0.5, 0.6) is 0 Å². The molecule has 0 aromatic rings. The molecule has 1 fully saturated rings. The Balaban J connectivity index is 2.30. The summed E-state index contributed by atoms with van der Waals surface area (Å²) in [5.41, 5.74) is 1.03. The minimum absolute atomic E-state index is 0.546. The van der Waals surface area contributed by atoms with Crippen LogP contribution in [-0.2, 0) is 0 Å². The van der Waals surface area contributed by atoms with Gasteiger partial charge in [0.2, 0.25) is 0 Å². The van der Waals surface area contributed by atoms with Crippen LogP contribution in [0.2, 0.25) is 0 Å². The molecule has 0 aromatic carbocycles. The molecule has 1 nitrogen and oxygen atoms in total. The molecular formula is C15H26O. The summed E-state index contributed by atoms with van der Waals surface area (Å²) in [5, 5.41) is 10.2. The highest BCUT2D eigenvalue weighted by Crippen LogP contribution is 2.47. The first kappa shape index (κ1) is 12.2. The van der Waals surface area contributed by atoms with Crippen molar-refractivity contribution in [1.29, 1.82) is 0 Å². The van der Waals surface area contributed by atoms with Crippen molar-refractivity contribution >= 4 is 0 Å². The number of rotatable bonds is 1. The zero-order chi connectivity index (χ0) is 11.9. The fourth-order valence-electron chi connectivity index (χ4n) is 3.68. The second kappa shape index (κ2) is 4.18. The Kier molecular flexibility index (Phi) is 3.18. The highest BCUT2D eigenvalue weighted by atomic mass is 16.3. The van der Waals surface area contributed by atoms with Crippen LogP contribution in [0.25, 0.3) is 0 Å². The first-order valence-corrected chi connectivity index (χ1v) is 6.86. The van der Waals surface area contributed by atoms with Crippen molar-refractivity contribution in [1.82, 2.24) is 0 Å². The van der Waals surface area contributed by atoms with E-state index in [9.17, 15) is 5.11 Å². The van der Waals surface area contributed by atoms with Crippen LogP contribution < -0.4 is 0 Å². The van der Waals surface area contributed by atoms with Gasteiger partial charge in [0, 0.05) is 0 Å². The molecule has 2 aliphatic rings. The molecule has 16 heavy (non-hydrogen) atoms. The zero-order valence-corrected chi connectivity index (χ0v) is 11.2. The molecule has 0 amide bonds. The van der Waals surface area contributed by atoms with Gasteiger partial charge in [0.1, 0.15) is 0 Å². The average Bonchev–Trinajstić information content (AvgIpc) is 2.15. The molecule has 0 aliphatic heterocycles. The molecule has 1 unspecified atom stereocenters. The van der Waals surface area contributed by atoms with Crippen LogP contribution in [0.3, 0.4) is 0 Å². The molecule has 0 heterocycles. The van der Waals surface area contributed by atoms with Gasteiger partial charge in [0.15, 0.2) is 0 Å². The van der Waals surface area contributed by atoms with Crippen molar-refractivity contribution in [3.05, 3.63) is 11.6 Å². The van der Waals surface area contributed by atoms with Gasteiger partial charge in [-0.25, -0.2) is 0 Å². The molecule has 0 bridgehead atoms. The van der Waals surface area contributed by atoms with E-state index in [1.165, 1.54) is 19.3 Å². The van der Waals surface area contributed by atoms with Gasteiger partial charge in [-0.05, 0) is 56.3 Å². The van der Waals surface area contributed by atoms with Crippen LogP contribution >= 0.6 is 0 Å². The second-order valence-electron chi connectivity index (χ2n) is 6.55. The van der Waals surface area contributed by atoms with Crippen LogP contribution in [0.15, 0.2) is 11.6 Å². The molecule has 1 heteroatoms. The lowest BCUT2D eigenvalue weighted by molar-refractivity contribution is 0.0684. The van der Waals surface area contributed by atoms with E-state index in [2.05, 4.69) is 26.8 Å².